The van der Waals surface area contributed by atoms with Crippen LogP contribution in [0.3, 0.4) is 0 Å². The highest BCUT2D eigenvalue weighted by molar-refractivity contribution is 7.89. The maximum Gasteiger partial charge on any atom is 0.242 e. The molecule has 1 aromatic heterocycles. The van der Waals surface area contributed by atoms with Crippen molar-refractivity contribution in [2.75, 3.05) is 14.1 Å². The molecule has 4 nitrogen and oxygen atoms in total. The van der Waals surface area contributed by atoms with Gasteiger partial charge in [0.2, 0.25) is 10.0 Å². The number of terminal acetylenes is 1. The minimum Gasteiger partial charge on any atom is -0.358 e. The van der Waals surface area contributed by atoms with E-state index in [9.17, 15) is 8.42 Å². The molecular formula is C19H18N2O2S. The summed E-state index contributed by atoms with van der Waals surface area (Å²) in [6.07, 6.45) is 5.51. The molecule has 0 aliphatic rings. The molecule has 0 aliphatic heterocycles. The topological polar surface area (TPSA) is 53.2 Å². The lowest BCUT2D eigenvalue weighted by Crippen LogP contribution is -2.22. The summed E-state index contributed by atoms with van der Waals surface area (Å²) in [5.74, 6) is 2.64. The SMILES string of the molecule is C#Cc1ccc2[nH]c(C)c(-c3cccc(S(=O)(=O)N(C)C)c3)c2c1. The number of hydrogen-bond donors (Lipinski definition) is 1. The number of nitrogens with zero attached hydrogens (tertiary/aromatic N) is 1. The van der Waals surface area contributed by atoms with E-state index in [0.29, 0.717) is 0 Å². The molecule has 0 amide bonds. The van der Waals surface area contributed by atoms with Crippen molar-refractivity contribution in [3.05, 3.63) is 53.7 Å². The van der Waals surface area contributed by atoms with E-state index >= 15 is 0 Å². The zero-order valence-corrected chi connectivity index (χ0v) is 14.6. The lowest BCUT2D eigenvalue weighted by atomic mass is 10.0. The summed E-state index contributed by atoms with van der Waals surface area (Å²) >= 11 is 0. The summed E-state index contributed by atoms with van der Waals surface area (Å²) in [4.78, 5) is 3.60. The summed E-state index contributed by atoms with van der Waals surface area (Å²) in [6, 6.07) is 12.8. The Morgan fingerprint density at radius 1 is 1.12 bits per heavy atom. The monoisotopic (exact) mass is 338 g/mol. The third kappa shape index (κ3) is 2.60. The molecule has 0 aliphatic carbocycles. The van der Waals surface area contributed by atoms with E-state index in [1.165, 1.54) is 18.4 Å². The average molecular weight is 338 g/mol. The lowest BCUT2D eigenvalue weighted by molar-refractivity contribution is 0.521. The minimum absolute atomic E-state index is 0.270. The first kappa shape index (κ1) is 16.3. The largest absolute Gasteiger partial charge is 0.358 e. The van der Waals surface area contributed by atoms with E-state index < -0.39 is 10.0 Å². The lowest BCUT2D eigenvalue weighted by Gasteiger charge is -2.12. The van der Waals surface area contributed by atoms with Crippen molar-refractivity contribution in [1.29, 1.82) is 0 Å². The Bertz CT molecular complexity index is 1070. The number of aryl methyl sites for hydroxylation is 1. The van der Waals surface area contributed by atoms with E-state index in [0.717, 1.165) is 33.3 Å². The molecule has 3 aromatic rings. The van der Waals surface area contributed by atoms with Gasteiger partial charge in [0.15, 0.2) is 0 Å². The number of aromatic amines is 1. The van der Waals surface area contributed by atoms with Crippen LogP contribution in [0.4, 0.5) is 0 Å². The van der Waals surface area contributed by atoms with Gasteiger partial charge in [0.1, 0.15) is 0 Å². The molecule has 1 heterocycles. The Morgan fingerprint density at radius 3 is 2.54 bits per heavy atom. The number of sulfonamides is 1. The zero-order chi connectivity index (χ0) is 17.5. The third-order valence-electron chi connectivity index (χ3n) is 4.05. The molecule has 0 atom stereocenters. The molecule has 0 bridgehead atoms. The van der Waals surface area contributed by atoms with Crippen LogP contribution < -0.4 is 0 Å². The van der Waals surface area contributed by atoms with Gasteiger partial charge in [-0.3, -0.25) is 0 Å². The van der Waals surface area contributed by atoms with Gasteiger partial charge in [-0.05, 0) is 42.8 Å². The number of benzene rings is 2. The Kier molecular flexibility index (Phi) is 3.96. The summed E-state index contributed by atoms with van der Waals surface area (Å²) in [6.45, 7) is 1.97. The second-order valence-electron chi connectivity index (χ2n) is 5.84. The third-order valence-corrected chi connectivity index (χ3v) is 5.87. The smallest absolute Gasteiger partial charge is 0.242 e. The highest BCUT2D eigenvalue weighted by Gasteiger charge is 2.19. The van der Waals surface area contributed by atoms with Crippen LogP contribution in [0.25, 0.3) is 22.0 Å². The van der Waals surface area contributed by atoms with Crippen molar-refractivity contribution in [1.82, 2.24) is 9.29 Å². The second-order valence-corrected chi connectivity index (χ2v) is 8.00. The van der Waals surface area contributed by atoms with Crippen LogP contribution in [0.2, 0.25) is 0 Å². The van der Waals surface area contributed by atoms with E-state index in [2.05, 4.69) is 10.9 Å². The summed E-state index contributed by atoms with van der Waals surface area (Å²) < 4.78 is 26.0. The first-order valence-electron chi connectivity index (χ1n) is 7.46. The van der Waals surface area contributed by atoms with Gasteiger partial charge >= 0.3 is 0 Å². The number of nitrogens with one attached hydrogen (secondary N) is 1. The molecule has 0 fully saturated rings. The summed E-state index contributed by atoms with van der Waals surface area (Å²) in [5.41, 5.74) is 4.55. The predicted octanol–water partition coefficient (Wildman–Crippen LogP) is 3.37. The first-order valence-corrected chi connectivity index (χ1v) is 8.90. The van der Waals surface area contributed by atoms with Crippen LogP contribution in [0, 0.1) is 19.3 Å². The second kappa shape index (κ2) is 5.82. The molecule has 3 rings (SSSR count). The Hall–Kier alpha value is -2.55. The molecule has 122 valence electrons. The molecule has 1 N–H and O–H groups in total. The van der Waals surface area contributed by atoms with Gasteiger partial charge in [0.25, 0.3) is 0 Å². The van der Waals surface area contributed by atoms with E-state index in [4.69, 9.17) is 6.42 Å². The predicted molar refractivity (Wildman–Crippen MR) is 97.3 cm³/mol. The molecule has 0 unspecified atom stereocenters. The average Bonchev–Trinajstić information content (AvgIpc) is 2.89. The molecule has 5 heteroatoms. The van der Waals surface area contributed by atoms with Crippen molar-refractivity contribution in [3.63, 3.8) is 0 Å². The van der Waals surface area contributed by atoms with Crippen molar-refractivity contribution in [3.8, 4) is 23.5 Å². The number of hydrogen-bond acceptors (Lipinski definition) is 2. The van der Waals surface area contributed by atoms with Crippen LogP contribution in [0.15, 0.2) is 47.4 Å². The van der Waals surface area contributed by atoms with Gasteiger partial charge in [0.05, 0.1) is 4.90 Å². The van der Waals surface area contributed by atoms with Gasteiger partial charge in [-0.1, -0.05) is 18.1 Å². The number of fused-ring (bicyclic) bond motifs is 1. The van der Waals surface area contributed by atoms with Gasteiger partial charge in [-0.2, -0.15) is 0 Å². The highest BCUT2D eigenvalue weighted by atomic mass is 32.2. The summed E-state index contributed by atoms with van der Waals surface area (Å²) in [7, 11) is -0.427. The van der Waals surface area contributed by atoms with Gasteiger partial charge in [-0.25, -0.2) is 12.7 Å². The molecule has 24 heavy (non-hydrogen) atoms. The maximum atomic E-state index is 12.4. The highest BCUT2D eigenvalue weighted by Crippen LogP contribution is 2.34. The van der Waals surface area contributed by atoms with E-state index in [1.807, 2.05) is 31.2 Å². The molecule has 2 aromatic carbocycles. The summed E-state index contributed by atoms with van der Waals surface area (Å²) in [5, 5.41) is 0.988. The zero-order valence-electron chi connectivity index (χ0n) is 13.8. The minimum atomic E-state index is -3.48. The van der Waals surface area contributed by atoms with Gasteiger partial charge in [-0.15, -0.1) is 6.42 Å². The van der Waals surface area contributed by atoms with Crippen LogP contribution in [-0.2, 0) is 10.0 Å². The quantitative estimate of drug-likeness (QED) is 0.745. The van der Waals surface area contributed by atoms with Crippen LogP contribution >= 0.6 is 0 Å². The number of H-pyrrole nitrogens is 1. The standard InChI is InChI=1S/C19H18N2O2S/c1-5-14-9-10-18-17(11-14)19(13(2)20-18)15-7-6-8-16(12-15)24(22,23)21(3)4/h1,6-12,20H,2-4H3. The number of rotatable bonds is 3. The van der Waals surface area contributed by atoms with Crippen molar-refractivity contribution >= 4 is 20.9 Å². The van der Waals surface area contributed by atoms with E-state index in [1.54, 1.807) is 18.2 Å². The van der Waals surface area contributed by atoms with Crippen LogP contribution in [0.5, 0.6) is 0 Å². The molecule has 0 spiro atoms. The normalized spacial score (nSPS) is 11.8. The fourth-order valence-electron chi connectivity index (χ4n) is 2.81. The van der Waals surface area contributed by atoms with Crippen LogP contribution in [-0.4, -0.2) is 31.8 Å². The Labute approximate surface area is 142 Å². The van der Waals surface area contributed by atoms with Gasteiger partial charge in [0, 0.05) is 41.8 Å². The van der Waals surface area contributed by atoms with Crippen molar-refractivity contribution in [2.45, 2.75) is 11.8 Å². The molecule has 0 saturated heterocycles. The van der Waals surface area contributed by atoms with E-state index in [-0.39, 0.29) is 4.90 Å². The van der Waals surface area contributed by atoms with Crippen LogP contribution in [0.1, 0.15) is 11.3 Å². The van der Waals surface area contributed by atoms with Gasteiger partial charge < -0.3 is 4.98 Å². The maximum absolute atomic E-state index is 12.4. The van der Waals surface area contributed by atoms with Crippen molar-refractivity contribution < 1.29 is 8.42 Å². The molecular weight excluding hydrogens is 320 g/mol. The fourth-order valence-corrected chi connectivity index (χ4v) is 3.76. The Morgan fingerprint density at radius 2 is 1.88 bits per heavy atom. The number of aromatic nitrogens is 1. The molecule has 0 saturated carbocycles. The van der Waals surface area contributed by atoms with Crippen molar-refractivity contribution in [2.24, 2.45) is 0 Å². The fraction of sp³-hybridized carbons (Fsp3) is 0.158. The molecule has 0 radical (unpaired) electrons. The first-order chi connectivity index (χ1) is 11.3. The Balaban J connectivity index is 2.26.